The van der Waals surface area contributed by atoms with Crippen molar-refractivity contribution < 1.29 is 0 Å². The van der Waals surface area contributed by atoms with Gasteiger partial charge in [0.2, 0.25) is 0 Å². The molecule has 3 rings (SSSR count). The molecule has 1 heterocycles. The molecular formula is C20H19BrClN3O. The van der Waals surface area contributed by atoms with Gasteiger partial charge in [0.1, 0.15) is 0 Å². The van der Waals surface area contributed by atoms with Crippen LogP contribution in [0.1, 0.15) is 27.9 Å². The predicted octanol–water partition coefficient (Wildman–Crippen LogP) is 5.57. The number of aliphatic imine (C=N–C) groups is 1. The number of nitrogens with one attached hydrogen (secondary N) is 1. The monoisotopic (exact) mass is 431 g/mol. The Kier molecular flexibility index (Phi) is 5.21. The number of benzene rings is 2. The van der Waals surface area contributed by atoms with Crippen molar-refractivity contribution in [3.05, 3.63) is 78.1 Å². The van der Waals surface area contributed by atoms with Gasteiger partial charge in [0.25, 0.3) is 5.56 Å². The summed E-state index contributed by atoms with van der Waals surface area (Å²) in [5, 5.41) is 3.72. The number of hydrogen-bond acceptors (Lipinski definition) is 2. The van der Waals surface area contributed by atoms with Gasteiger partial charge in [0.05, 0.1) is 16.9 Å². The summed E-state index contributed by atoms with van der Waals surface area (Å²) in [6.45, 7) is 7.79. The van der Waals surface area contributed by atoms with Gasteiger partial charge in [-0.25, -0.2) is 4.68 Å². The van der Waals surface area contributed by atoms with E-state index in [-0.39, 0.29) is 5.56 Å². The molecule has 0 bridgehead atoms. The maximum Gasteiger partial charge on any atom is 0.280 e. The molecule has 6 heteroatoms. The number of aromatic nitrogens is 2. The van der Waals surface area contributed by atoms with Gasteiger partial charge in [-0.3, -0.25) is 14.9 Å². The smallest absolute Gasteiger partial charge is 0.280 e. The lowest BCUT2D eigenvalue weighted by Gasteiger charge is -2.05. The van der Waals surface area contributed by atoms with Crippen molar-refractivity contribution in [2.24, 2.45) is 4.99 Å². The lowest BCUT2D eigenvalue weighted by atomic mass is 10.1. The third kappa shape index (κ3) is 3.55. The lowest BCUT2D eigenvalue weighted by molar-refractivity contribution is 0.835. The van der Waals surface area contributed by atoms with Crippen LogP contribution in [0.25, 0.3) is 5.69 Å². The van der Waals surface area contributed by atoms with Crippen LogP contribution < -0.4 is 5.56 Å². The molecule has 0 unspecified atom stereocenters. The largest absolute Gasteiger partial charge is 0.295 e. The number of aromatic amines is 1. The highest BCUT2D eigenvalue weighted by Gasteiger charge is 2.12. The molecular weight excluding hydrogens is 414 g/mol. The fourth-order valence-electron chi connectivity index (χ4n) is 2.85. The van der Waals surface area contributed by atoms with Gasteiger partial charge in [-0.1, -0.05) is 33.6 Å². The van der Waals surface area contributed by atoms with E-state index >= 15 is 0 Å². The van der Waals surface area contributed by atoms with Crippen molar-refractivity contribution in [2.75, 3.05) is 0 Å². The summed E-state index contributed by atoms with van der Waals surface area (Å²) in [5.41, 5.74) is 5.76. The van der Waals surface area contributed by atoms with E-state index in [2.05, 4.69) is 26.0 Å². The second kappa shape index (κ2) is 7.25. The van der Waals surface area contributed by atoms with Crippen molar-refractivity contribution in [1.82, 2.24) is 9.78 Å². The molecule has 134 valence electrons. The summed E-state index contributed by atoms with van der Waals surface area (Å²) in [6, 6.07) is 9.55. The molecule has 0 aliphatic carbocycles. The Balaban J connectivity index is 2.04. The summed E-state index contributed by atoms with van der Waals surface area (Å²) in [5.74, 6) is 0. The van der Waals surface area contributed by atoms with Crippen LogP contribution in [0.4, 0.5) is 5.69 Å². The standard InChI is InChI=1S/C20H19BrClN3O/c1-11-5-6-16(9-18(11)22)25-20(26)17(14(4)24-25)10-23-19-12(2)7-15(21)8-13(19)3/h5-10,24H,1-4H3. The van der Waals surface area contributed by atoms with E-state index in [1.165, 1.54) is 4.68 Å². The number of hydrogen-bond donors (Lipinski definition) is 1. The highest BCUT2D eigenvalue weighted by atomic mass is 79.9. The first kappa shape index (κ1) is 18.7. The Hall–Kier alpha value is -2.11. The molecule has 26 heavy (non-hydrogen) atoms. The topological polar surface area (TPSA) is 50.1 Å². The Morgan fingerprint density at radius 3 is 2.35 bits per heavy atom. The second-order valence-corrected chi connectivity index (χ2v) is 7.69. The highest BCUT2D eigenvalue weighted by molar-refractivity contribution is 9.10. The maximum atomic E-state index is 12.8. The van der Waals surface area contributed by atoms with E-state index in [0.29, 0.717) is 16.3 Å². The fourth-order valence-corrected chi connectivity index (χ4v) is 3.71. The molecule has 0 spiro atoms. The molecule has 1 N–H and O–H groups in total. The van der Waals surface area contributed by atoms with Crippen LogP contribution in [0.5, 0.6) is 0 Å². The van der Waals surface area contributed by atoms with E-state index in [1.54, 1.807) is 12.3 Å². The van der Waals surface area contributed by atoms with Gasteiger partial charge in [0.15, 0.2) is 0 Å². The van der Waals surface area contributed by atoms with Crippen LogP contribution in [0, 0.1) is 27.7 Å². The lowest BCUT2D eigenvalue weighted by Crippen LogP contribution is -2.17. The predicted molar refractivity (Wildman–Crippen MR) is 112 cm³/mol. The minimum atomic E-state index is -0.154. The molecule has 0 fully saturated rings. The van der Waals surface area contributed by atoms with Gasteiger partial charge >= 0.3 is 0 Å². The average molecular weight is 433 g/mol. The quantitative estimate of drug-likeness (QED) is 0.541. The molecule has 4 nitrogen and oxygen atoms in total. The van der Waals surface area contributed by atoms with Gasteiger partial charge in [-0.15, -0.1) is 0 Å². The fraction of sp³-hybridized carbons (Fsp3) is 0.200. The molecule has 0 saturated heterocycles. The maximum absolute atomic E-state index is 12.8. The van der Waals surface area contributed by atoms with E-state index in [1.807, 2.05) is 52.0 Å². The summed E-state index contributed by atoms with van der Waals surface area (Å²) in [6.07, 6.45) is 1.63. The van der Waals surface area contributed by atoms with Gasteiger partial charge in [-0.05, 0) is 68.7 Å². The molecule has 0 saturated carbocycles. The van der Waals surface area contributed by atoms with Crippen molar-refractivity contribution in [2.45, 2.75) is 27.7 Å². The molecule has 3 aromatic rings. The van der Waals surface area contributed by atoms with Crippen LogP contribution in [-0.4, -0.2) is 16.0 Å². The van der Waals surface area contributed by atoms with Crippen molar-refractivity contribution in [1.29, 1.82) is 0 Å². The van der Waals surface area contributed by atoms with E-state index < -0.39 is 0 Å². The highest BCUT2D eigenvalue weighted by Crippen LogP contribution is 2.27. The number of H-pyrrole nitrogens is 1. The average Bonchev–Trinajstić information content (AvgIpc) is 2.84. The van der Waals surface area contributed by atoms with E-state index in [4.69, 9.17) is 11.6 Å². The van der Waals surface area contributed by atoms with Crippen molar-refractivity contribution in [3.63, 3.8) is 0 Å². The molecule has 2 aromatic carbocycles. The van der Waals surface area contributed by atoms with Crippen molar-refractivity contribution >= 4 is 39.4 Å². The van der Waals surface area contributed by atoms with Crippen LogP contribution in [0.3, 0.4) is 0 Å². The number of rotatable bonds is 3. The molecule has 0 atom stereocenters. The minimum Gasteiger partial charge on any atom is -0.295 e. The zero-order valence-electron chi connectivity index (χ0n) is 15.0. The first-order valence-corrected chi connectivity index (χ1v) is 9.34. The number of aryl methyl sites for hydroxylation is 4. The summed E-state index contributed by atoms with van der Waals surface area (Å²) in [4.78, 5) is 17.4. The zero-order chi connectivity index (χ0) is 19.0. The molecule has 0 aliphatic heterocycles. The Morgan fingerprint density at radius 2 is 1.73 bits per heavy atom. The number of halogens is 2. The van der Waals surface area contributed by atoms with Crippen LogP contribution in [0.2, 0.25) is 5.02 Å². The summed E-state index contributed by atoms with van der Waals surface area (Å²) in [7, 11) is 0. The molecule has 0 aliphatic rings. The molecule has 0 radical (unpaired) electrons. The third-order valence-corrected chi connectivity index (χ3v) is 5.17. The van der Waals surface area contributed by atoms with E-state index in [9.17, 15) is 4.79 Å². The van der Waals surface area contributed by atoms with Crippen LogP contribution >= 0.6 is 27.5 Å². The number of nitrogens with zero attached hydrogens (tertiary/aromatic N) is 2. The Labute approximate surface area is 165 Å². The van der Waals surface area contributed by atoms with Gasteiger partial charge in [0, 0.05) is 21.4 Å². The summed E-state index contributed by atoms with van der Waals surface area (Å²) >= 11 is 9.68. The Bertz CT molecular complexity index is 1060. The Morgan fingerprint density at radius 1 is 1.08 bits per heavy atom. The molecule has 1 aromatic heterocycles. The van der Waals surface area contributed by atoms with Crippen LogP contribution in [0.15, 0.2) is 44.6 Å². The first-order chi connectivity index (χ1) is 12.3. The second-order valence-electron chi connectivity index (χ2n) is 6.37. The third-order valence-electron chi connectivity index (χ3n) is 4.31. The SMILES string of the molecule is Cc1ccc(-n2[nH]c(C)c(C=Nc3c(C)cc(Br)cc3C)c2=O)cc1Cl. The minimum absolute atomic E-state index is 0.154. The van der Waals surface area contributed by atoms with Crippen molar-refractivity contribution in [3.8, 4) is 5.69 Å². The zero-order valence-corrected chi connectivity index (χ0v) is 17.4. The normalized spacial score (nSPS) is 11.5. The van der Waals surface area contributed by atoms with Gasteiger partial charge < -0.3 is 0 Å². The first-order valence-electron chi connectivity index (χ1n) is 8.17. The van der Waals surface area contributed by atoms with E-state index in [0.717, 1.165) is 32.5 Å². The summed E-state index contributed by atoms with van der Waals surface area (Å²) < 4.78 is 2.51. The van der Waals surface area contributed by atoms with Crippen LogP contribution in [-0.2, 0) is 0 Å². The van der Waals surface area contributed by atoms with Gasteiger partial charge in [-0.2, -0.15) is 0 Å². The molecule has 0 amide bonds.